The van der Waals surface area contributed by atoms with Gasteiger partial charge in [0, 0.05) is 7.05 Å². The highest BCUT2D eigenvalue weighted by molar-refractivity contribution is 6.35. The van der Waals surface area contributed by atoms with Crippen LogP contribution in [0.2, 0.25) is 0 Å². The van der Waals surface area contributed by atoms with Gasteiger partial charge in [0.1, 0.15) is 10.5 Å². The van der Waals surface area contributed by atoms with Gasteiger partial charge in [0.2, 0.25) is 0 Å². The van der Waals surface area contributed by atoms with Gasteiger partial charge in [0.15, 0.2) is 0 Å². The number of carbonyl (C=O) groups excluding carboxylic acids is 1. The molecule has 1 atom stereocenters. The molecule has 1 aliphatic heterocycles. The van der Waals surface area contributed by atoms with Gasteiger partial charge in [-0.15, -0.1) is 11.6 Å². The molecular formula is C5H6Cl2N2O. The average Bonchev–Trinajstić information content (AvgIpc) is 1.84. The van der Waals surface area contributed by atoms with Crippen molar-refractivity contribution in [1.82, 2.24) is 10.4 Å². The molecule has 0 spiro atoms. The quantitative estimate of drug-likeness (QED) is 0.439. The Kier molecular flexibility index (Phi) is 2.06. The fourth-order valence-electron chi connectivity index (χ4n) is 0.589. The Labute approximate surface area is 68.6 Å². The number of carbonyl (C=O) groups is 1. The second kappa shape index (κ2) is 2.68. The molecule has 0 aliphatic carbocycles. The molecule has 1 aliphatic rings. The van der Waals surface area contributed by atoms with Crippen LogP contribution in [0, 0.1) is 0 Å². The number of rotatable bonds is 0. The lowest BCUT2D eigenvalue weighted by atomic mass is 10.3. The molecule has 1 heterocycles. The van der Waals surface area contributed by atoms with Crippen LogP contribution in [-0.4, -0.2) is 23.3 Å². The summed E-state index contributed by atoms with van der Waals surface area (Å²) in [7, 11) is 1.64. The second-order valence-corrected chi connectivity index (χ2v) is 2.78. The van der Waals surface area contributed by atoms with Crippen molar-refractivity contribution in [2.45, 2.75) is 5.38 Å². The van der Waals surface area contributed by atoms with Crippen LogP contribution in [0.15, 0.2) is 11.2 Å². The van der Waals surface area contributed by atoms with Crippen LogP contribution in [0.25, 0.3) is 0 Å². The zero-order chi connectivity index (χ0) is 7.72. The number of amides is 1. The highest BCUT2D eigenvalue weighted by Gasteiger charge is 2.21. The average molecular weight is 181 g/mol. The Morgan fingerprint density at radius 1 is 1.80 bits per heavy atom. The number of hydrogen-bond donors (Lipinski definition) is 1. The summed E-state index contributed by atoms with van der Waals surface area (Å²) in [5, 5.41) is 1.19. The Morgan fingerprint density at radius 2 is 2.40 bits per heavy atom. The molecule has 3 nitrogen and oxygen atoms in total. The van der Waals surface area contributed by atoms with Gasteiger partial charge in [0.05, 0.1) is 0 Å². The first-order valence-electron chi connectivity index (χ1n) is 2.67. The van der Waals surface area contributed by atoms with Gasteiger partial charge in [-0.25, -0.2) is 0 Å². The van der Waals surface area contributed by atoms with E-state index in [1.807, 2.05) is 0 Å². The molecule has 10 heavy (non-hydrogen) atoms. The highest BCUT2D eigenvalue weighted by atomic mass is 35.5. The van der Waals surface area contributed by atoms with Crippen molar-refractivity contribution in [3.8, 4) is 0 Å². The molecule has 0 fully saturated rings. The summed E-state index contributed by atoms with van der Waals surface area (Å²) < 4.78 is 0. The van der Waals surface area contributed by atoms with E-state index >= 15 is 0 Å². The van der Waals surface area contributed by atoms with E-state index in [9.17, 15) is 4.79 Å². The van der Waals surface area contributed by atoms with E-state index < -0.39 is 5.38 Å². The molecular weight excluding hydrogens is 175 g/mol. The third-order valence-electron chi connectivity index (χ3n) is 1.13. The zero-order valence-electron chi connectivity index (χ0n) is 5.27. The molecule has 0 radical (unpaired) electrons. The minimum absolute atomic E-state index is 0.256. The van der Waals surface area contributed by atoms with Gasteiger partial charge in [-0.3, -0.25) is 15.2 Å². The summed E-state index contributed by atoms with van der Waals surface area (Å²) in [5.74, 6) is -0.256. The van der Waals surface area contributed by atoms with Gasteiger partial charge >= 0.3 is 0 Å². The molecule has 56 valence electrons. The van der Waals surface area contributed by atoms with E-state index in [1.165, 1.54) is 11.1 Å². The molecule has 0 aromatic rings. The number of nitrogens with zero attached hydrogens (tertiary/aromatic N) is 1. The van der Waals surface area contributed by atoms with Crippen molar-refractivity contribution in [1.29, 1.82) is 0 Å². The molecule has 0 aromatic carbocycles. The molecule has 0 saturated heterocycles. The number of nitrogens with one attached hydrogen (secondary N) is 1. The lowest BCUT2D eigenvalue weighted by molar-refractivity contribution is -0.124. The first-order valence-corrected chi connectivity index (χ1v) is 3.48. The van der Waals surface area contributed by atoms with E-state index in [1.54, 1.807) is 7.05 Å². The van der Waals surface area contributed by atoms with Crippen molar-refractivity contribution in [3.63, 3.8) is 0 Å². The van der Waals surface area contributed by atoms with Gasteiger partial charge in [-0.05, 0) is 6.08 Å². The maximum atomic E-state index is 10.8. The molecule has 1 amide bonds. The van der Waals surface area contributed by atoms with Crippen LogP contribution in [0.3, 0.4) is 0 Å². The van der Waals surface area contributed by atoms with Gasteiger partial charge in [0.25, 0.3) is 5.91 Å². The summed E-state index contributed by atoms with van der Waals surface area (Å²) in [6.45, 7) is 0. The predicted octanol–water partition coefficient (Wildman–Crippen LogP) is 0.651. The smallest absolute Gasteiger partial charge is 0.260 e. The molecule has 0 saturated carbocycles. The van der Waals surface area contributed by atoms with Crippen molar-refractivity contribution in [2.75, 3.05) is 7.05 Å². The third-order valence-corrected chi connectivity index (χ3v) is 1.84. The largest absolute Gasteiger partial charge is 0.277 e. The fourth-order valence-corrected chi connectivity index (χ4v) is 0.989. The van der Waals surface area contributed by atoms with Crippen LogP contribution < -0.4 is 5.43 Å². The van der Waals surface area contributed by atoms with Crippen LogP contribution in [-0.2, 0) is 4.79 Å². The van der Waals surface area contributed by atoms with Gasteiger partial charge in [-0.2, -0.15) is 0 Å². The van der Waals surface area contributed by atoms with E-state index in [0.29, 0.717) is 5.16 Å². The van der Waals surface area contributed by atoms with Gasteiger partial charge < -0.3 is 0 Å². The van der Waals surface area contributed by atoms with Crippen molar-refractivity contribution >= 4 is 29.1 Å². The lowest BCUT2D eigenvalue weighted by Crippen LogP contribution is -2.45. The van der Waals surface area contributed by atoms with Crippen molar-refractivity contribution in [2.24, 2.45) is 0 Å². The summed E-state index contributed by atoms with van der Waals surface area (Å²) in [4.78, 5) is 10.8. The maximum Gasteiger partial charge on any atom is 0.260 e. The van der Waals surface area contributed by atoms with E-state index in [4.69, 9.17) is 23.2 Å². The van der Waals surface area contributed by atoms with Crippen LogP contribution in [0.1, 0.15) is 0 Å². The monoisotopic (exact) mass is 180 g/mol. The normalized spacial score (nSPS) is 25.9. The Bertz CT molecular complexity index is 192. The second-order valence-electron chi connectivity index (χ2n) is 1.93. The Hall–Kier alpha value is -0.410. The number of halogens is 2. The standard InChI is InChI=1S/C5H6Cl2N2O/c1-9-4(7)2-3(6)5(10)8-9/h2-3H,1H3,(H,8,10). The number of hydrazine groups is 1. The molecule has 0 aromatic heterocycles. The maximum absolute atomic E-state index is 10.8. The van der Waals surface area contributed by atoms with Crippen LogP contribution >= 0.6 is 23.2 Å². The number of hydrogen-bond acceptors (Lipinski definition) is 2. The molecule has 0 bridgehead atoms. The summed E-state index contributed by atoms with van der Waals surface area (Å²) in [6.07, 6.45) is 1.47. The summed E-state index contributed by atoms with van der Waals surface area (Å²) in [5.41, 5.74) is 2.44. The first-order chi connectivity index (χ1) is 4.61. The van der Waals surface area contributed by atoms with Crippen molar-refractivity contribution in [3.05, 3.63) is 11.2 Å². The SMILES string of the molecule is CN1NC(=O)C(Cl)C=C1Cl. The number of alkyl halides is 1. The topological polar surface area (TPSA) is 32.3 Å². The van der Waals surface area contributed by atoms with E-state index in [2.05, 4.69) is 5.43 Å². The van der Waals surface area contributed by atoms with Crippen LogP contribution in [0.5, 0.6) is 0 Å². The third kappa shape index (κ3) is 1.36. The minimum Gasteiger partial charge on any atom is -0.277 e. The molecule has 5 heteroatoms. The minimum atomic E-state index is -0.649. The van der Waals surface area contributed by atoms with Gasteiger partial charge in [-0.1, -0.05) is 11.6 Å². The lowest BCUT2D eigenvalue weighted by Gasteiger charge is -2.24. The molecule has 1 unspecified atom stereocenters. The molecule has 1 N–H and O–H groups in total. The summed E-state index contributed by atoms with van der Waals surface area (Å²) >= 11 is 11.1. The van der Waals surface area contributed by atoms with Crippen molar-refractivity contribution < 1.29 is 4.79 Å². The van der Waals surface area contributed by atoms with Crippen LogP contribution in [0.4, 0.5) is 0 Å². The molecule has 1 rings (SSSR count). The van der Waals surface area contributed by atoms with E-state index in [0.717, 1.165) is 0 Å². The Balaban J connectivity index is 2.79. The predicted molar refractivity (Wildman–Crippen MR) is 39.5 cm³/mol. The first kappa shape index (κ1) is 7.69. The zero-order valence-corrected chi connectivity index (χ0v) is 6.78. The highest BCUT2D eigenvalue weighted by Crippen LogP contribution is 2.14. The Morgan fingerprint density at radius 3 is 2.90 bits per heavy atom. The fraction of sp³-hybridized carbons (Fsp3) is 0.400. The van der Waals surface area contributed by atoms with E-state index in [-0.39, 0.29) is 5.91 Å². The summed E-state index contributed by atoms with van der Waals surface area (Å²) in [6, 6.07) is 0.